The number of carbonyl (C=O) groups is 1. The maximum atomic E-state index is 11.7. The monoisotopic (exact) mass is 226 g/mol. The van der Waals surface area contributed by atoms with Gasteiger partial charge in [0.15, 0.2) is 0 Å². The number of carbonyl (C=O) groups excluding carboxylic acids is 1. The van der Waals surface area contributed by atoms with Gasteiger partial charge in [0.2, 0.25) is 0 Å². The second-order valence-electron chi connectivity index (χ2n) is 4.22. The number of nitrogens with zero attached hydrogens (tertiary/aromatic N) is 1. The van der Waals surface area contributed by atoms with E-state index >= 15 is 0 Å². The Bertz CT molecular complexity index is 360. The lowest BCUT2D eigenvalue weighted by Gasteiger charge is -2.26. The fourth-order valence-corrected chi connectivity index (χ4v) is 1.82. The first-order valence-electron chi connectivity index (χ1n) is 5.06. The first-order chi connectivity index (χ1) is 6.95. The van der Waals surface area contributed by atoms with Crippen molar-refractivity contribution in [3.8, 4) is 0 Å². The van der Waals surface area contributed by atoms with Crippen molar-refractivity contribution >= 4 is 17.5 Å². The van der Waals surface area contributed by atoms with Crippen LogP contribution in [0.3, 0.4) is 0 Å². The molecule has 0 N–H and O–H groups in total. The molecule has 1 amide bonds. The summed E-state index contributed by atoms with van der Waals surface area (Å²) in [6.45, 7) is 2.58. The summed E-state index contributed by atoms with van der Waals surface area (Å²) in [5, 5.41) is 0.719. The molecule has 15 heavy (non-hydrogen) atoms. The standard InChI is InChI=1S/C12H17ClNO/c1-4-12(15)14(2,3)9-10-6-5-7-11(13)8-10/h5-8H,4,9H2,1-3H3/q+1. The van der Waals surface area contributed by atoms with E-state index in [-0.39, 0.29) is 5.91 Å². The van der Waals surface area contributed by atoms with Crippen molar-refractivity contribution in [2.45, 2.75) is 19.9 Å². The van der Waals surface area contributed by atoms with Crippen molar-refractivity contribution in [2.24, 2.45) is 0 Å². The van der Waals surface area contributed by atoms with Crippen LogP contribution in [-0.4, -0.2) is 24.5 Å². The Hall–Kier alpha value is -0.860. The molecule has 0 bridgehead atoms. The Labute approximate surface area is 96.1 Å². The number of halogens is 1. The van der Waals surface area contributed by atoms with Gasteiger partial charge in [0, 0.05) is 10.6 Å². The molecule has 0 aromatic heterocycles. The molecule has 82 valence electrons. The minimum absolute atomic E-state index is 0.231. The smallest absolute Gasteiger partial charge is 0.262 e. The molecule has 0 aliphatic rings. The van der Waals surface area contributed by atoms with Gasteiger partial charge in [-0.05, 0) is 12.1 Å². The lowest BCUT2D eigenvalue weighted by molar-refractivity contribution is -0.827. The summed E-state index contributed by atoms with van der Waals surface area (Å²) < 4.78 is 0.372. The van der Waals surface area contributed by atoms with Gasteiger partial charge in [0.05, 0.1) is 20.5 Å². The van der Waals surface area contributed by atoms with E-state index in [1.54, 1.807) is 0 Å². The molecule has 0 saturated carbocycles. The van der Waals surface area contributed by atoms with Crippen molar-refractivity contribution in [3.63, 3.8) is 0 Å². The van der Waals surface area contributed by atoms with Gasteiger partial charge in [-0.3, -0.25) is 4.48 Å². The minimum atomic E-state index is 0.231. The summed E-state index contributed by atoms with van der Waals surface area (Å²) in [6.07, 6.45) is 0.563. The third-order valence-electron chi connectivity index (χ3n) is 2.44. The fourth-order valence-electron chi connectivity index (χ4n) is 1.61. The molecule has 0 heterocycles. The molecular formula is C12H17ClNO+. The molecule has 0 aliphatic carbocycles. The molecule has 1 aromatic carbocycles. The van der Waals surface area contributed by atoms with Gasteiger partial charge in [-0.2, -0.15) is 0 Å². The summed E-state index contributed by atoms with van der Waals surface area (Å²) in [4.78, 5) is 11.7. The van der Waals surface area contributed by atoms with Gasteiger partial charge in [-0.25, -0.2) is 4.79 Å². The molecule has 1 aromatic rings. The minimum Gasteiger partial charge on any atom is -0.262 e. The highest BCUT2D eigenvalue weighted by Gasteiger charge is 2.24. The van der Waals surface area contributed by atoms with Crippen LogP contribution in [-0.2, 0) is 11.3 Å². The van der Waals surface area contributed by atoms with Crippen molar-refractivity contribution in [3.05, 3.63) is 34.9 Å². The lowest BCUT2D eigenvalue weighted by Crippen LogP contribution is -2.44. The maximum Gasteiger partial charge on any atom is 0.313 e. The molecular weight excluding hydrogens is 210 g/mol. The van der Waals surface area contributed by atoms with Gasteiger partial charge >= 0.3 is 5.91 Å². The Morgan fingerprint density at radius 2 is 2.07 bits per heavy atom. The predicted octanol–water partition coefficient (Wildman–Crippen LogP) is 2.85. The van der Waals surface area contributed by atoms with E-state index in [4.69, 9.17) is 11.6 Å². The van der Waals surface area contributed by atoms with Crippen LogP contribution in [0.1, 0.15) is 18.9 Å². The van der Waals surface area contributed by atoms with E-state index in [1.165, 1.54) is 0 Å². The van der Waals surface area contributed by atoms with E-state index in [0.29, 0.717) is 17.4 Å². The molecule has 0 atom stereocenters. The van der Waals surface area contributed by atoms with Crippen molar-refractivity contribution in [1.29, 1.82) is 0 Å². The van der Waals surface area contributed by atoms with Gasteiger partial charge in [-0.15, -0.1) is 0 Å². The summed E-state index contributed by atoms with van der Waals surface area (Å²) >= 11 is 5.90. The third-order valence-corrected chi connectivity index (χ3v) is 2.68. The molecule has 0 radical (unpaired) electrons. The average molecular weight is 227 g/mol. The van der Waals surface area contributed by atoms with E-state index < -0.39 is 0 Å². The highest BCUT2D eigenvalue weighted by Crippen LogP contribution is 2.15. The summed E-state index contributed by atoms with van der Waals surface area (Å²) in [6, 6.07) is 7.65. The molecule has 0 spiro atoms. The van der Waals surface area contributed by atoms with Crippen molar-refractivity contribution in [2.75, 3.05) is 14.1 Å². The SMILES string of the molecule is CCC(=O)[N+](C)(C)Cc1cccc(Cl)c1. The largest absolute Gasteiger partial charge is 0.313 e. The van der Waals surface area contributed by atoms with Gasteiger partial charge in [-0.1, -0.05) is 30.7 Å². The van der Waals surface area contributed by atoms with Crippen molar-refractivity contribution < 1.29 is 9.28 Å². The molecule has 0 saturated heterocycles. The molecule has 1 rings (SSSR count). The highest BCUT2D eigenvalue weighted by atomic mass is 35.5. The molecule has 0 aliphatic heterocycles. The zero-order chi connectivity index (χ0) is 11.5. The Kier molecular flexibility index (Phi) is 3.89. The Balaban J connectivity index is 2.81. The number of amides is 1. The summed E-state index contributed by atoms with van der Waals surface area (Å²) in [5.41, 5.74) is 1.09. The average Bonchev–Trinajstić information content (AvgIpc) is 2.15. The number of hydrogen-bond acceptors (Lipinski definition) is 1. The molecule has 0 unspecified atom stereocenters. The van der Waals surface area contributed by atoms with Gasteiger partial charge in [0.1, 0.15) is 6.54 Å². The maximum absolute atomic E-state index is 11.7. The first kappa shape index (κ1) is 12.2. The summed E-state index contributed by atoms with van der Waals surface area (Å²) in [7, 11) is 3.85. The van der Waals surface area contributed by atoms with Crippen LogP contribution >= 0.6 is 11.6 Å². The van der Waals surface area contributed by atoms with Crippen LogP contribution in [0, 0.1) is 0 Å². The number of quaternary nitrogens is 1. The second-order valence-corrected chi connectivity index (χ2v) is 4.66. The predicted molar refractivity (Wildman–Crippen MR) is 62.6 cm³/mol. The van der Waals surface area contributed by atoms with Crippen LogP contribution in [0.5, 0.6) is 0 Å². The molecule has 0 fully saturated rings. The number of benzene rings is 1. The molecule has 2 nitrogen and oxygen atoms in total. The molecule has 3 heteroatoms. The third kappa shape index (κ3) is 3.33. The van der Waals surface area contributed by atoms with Crippen LogP contribution in [0.25, 0.3) is 0 Å². The zero-order valence-electron chi connectivity index (χ0n) is 9.46. The quantitative estimate of drug-likeness (QED) is 0.725. The van der Waals surface area contributed by atoms with Crippen LogP contribution in [0.2, 0.25) is 5.02 Å². The van der Waals surface area contributed by atoms with E-state index in [1.807, 2.05) is 45.3 Å². The van der Waals surface area contributed by atoms with E-state index in [2.05, 4.69) is 0 Å². The second kappa shape index (κ2) is 4.77. The van der Waals surface area contributed by atoms with Crippen molar-refractivity contribution in [1.82, 2.24) is 0 Å². The van der Waals surface area contributed by atoms with E-state index in [9.17, 15) is 4.79 Å². The van der Waals surface area contributed by atoms with E-state index in [0.717, 1.165) is 10.6 Å². The Morgan fingerprint density at radius 3 is 2.60 bits per heavy atom. The fraction of sp³-hybridized carbons (Fsp3) is 0.417. The van der Waals surface area contributed by atoms with Gasteiger partial charge in [0.25, 0.3) is 0 Å². The summed E-state index contributed by atoms with van der Waals surface area (Å²) in [5.74, 6) is 0.231. The highest BCUT2D eigenvalue weighted by molar-refractivity contribution is 6.30. The zero-order valence-corrected chi connectivity index (χ0v) is 10.2. The van der Waals surface area contributed by atoms with Crippen LogP contribution in [0.4, 0.5) is 0 Å². The van der Waals surface area contributed by atoms with Gasteiger partial charge < -0.3 is 0 Å². The normalized spacial score (nSPS) is 11.5. The number of rotatable bonds is 3. The topological polar surface area (TPSA) is 17.1 Å². The van der Waals surface area contributed by atoms with Crippen LogP contribution in [0.15, 0.2) is 24.3 Å². The lowest BCUT2D eigenvalue weighted by atomic mass is 10.2. The number of hydrogen-bond donors (Lipinski definition) is 0. The first-order valence-corrected chi connectivity index (χ1v) is 5.44. The van der Waals surface area contributed by atoms with Crippen LogP contribution < -0.4 is 0 Å². The Morgan fingerprint density at radius 1 is 1.40 bits per heavy atom.